The van der Waals surface area contributed by atoms with Crippen molar-refractivity contribution in [2.75, 3.05) is 19.8 Å². The molecule has 1 rings (SSSR count). The summed E-state index contributed by atoms with van der Waals surface area (Å²) < 4.78 is 10.9. The Bertz CT molecular complexity index is 151. The van der Waals surface area contributed by atoms with E-state index in [1.54, 1.807) is 0 Å². The molecule has 0 bridgehead atoms. The minimum absolute atomic E-state index is 0.0231. The molecule has 0 spiro atoms. The van der Waals surface area contributed by atoms with Gasteiger partial charge in [0.1, 0.15) is 0 Å². The van der Waals surface area contributed by atoms with Gasteiger partial charge in [-0.1, -0.05) is 12.2 Å². The zero-order chi connectivity index (χ0) is 10.1. The molecule has 1 aliphatic heterocycles. The van der Waals surface area contributed by atoms with Gasteiger partial charge in [-0.05, 0) is 32.1 Å². The molecule has 3 nitrogen and oxygen atoms in total. The molecule has 1 atom stereocenters. The highest BCUT2D eigenvalue weighted by atomic mass is 16.7. The molecule has 0 aliphatic carbocycles. The third-order valence-corrected chi connectivity index (χ3v) is 2.19. The number of aliphatic hydroxyl groups excluding tert-OH is 1. The van der Waals surface area contributed by atoms with Crippen LogP contribution in [-0.2, 0) is 9.47 Å². The summed E-state index contributed by atoms with van der Waals surface area (Å²) in [4.78, 5) is 0. The van der Waals surface area contributed by atoms with Crippen molar-refractivity contribution in [3.8, 4) is 0 Å². The monoisotopic (exact) mass is 200 g/mol. The van der Waals surface area contributed by atoms with Gasteiger partial charge in [0.15, 0.2) is 6.29 Å². The SMILES string of the molecule is OCC/C=C/CCOC1CCCCO1. The Kier molecular flexibility index (Phi) is 6.66. The molecule has 0 aromatic carbocycles. The number of ether oxygens (including phenoxy) is 2. The van der Waals surface area contributed by atoms with E-state index < -0.39 is 0 Å². The maximum absolute atomic E-state index is 8.52. The molecular formula is C11H20O3. The van der Waals surface area contributed by atoms with Crippen molar-refractivity contribution < 1.29 is 14.6 Å². The second-order valence-electron chi connectivity index (χ2n) is 3.44. The molecule has 1 heterocycles. The minimum atomic E-state index is 0.0231. The second-order valence-corrected chi connectivity index (χ2v) is 3.44. The number of hydrogen-bond acceptors (Lipinski definition) is 3. The van der Waals surface area contributed by atoms with Gasteiger partial charge in [-0.2, -0.15) is 0 Å². The minimum Gasteiger partial charge on any atom is -0.396 e. The zero-order valence-corrected chi connectivity index (χ0v) is 8.65. The quantitative estimate of drug-likeness (QED) is 0.525. The van der Waals surface area contributed by atoms with Crippen LogP contribution in [0.5, 0.6) is 0 Å². The smallest absolute Gasteiger partial charge is 0.157 e. The van der Waals surface area contributed by atoms with Crippen molar-refractivity contribution >= 4 is 0 Å². The maximum Gasteiger partial charge on any atom is 0.157 e. The molecule has 82 valence electrons. The lowest BCUT2D eigenvalue weighted by Crippen LogP contribution is -2.22. The predicted octanol–water partition coefficient (Wildman–Crippen LogP) is 1.86. The second kappa shape index (κ2) is 7.97. The fourth-order valence-corrected chi connectivity index (χ4v) is 1.42. The van der Waals surface area contributed by atoms with Crippen LogP contribution in [-0.4, -0.2) is 31.2 Å². The molecule has 0 saturated carbocycles. The maximum atomic E-state index is 8.52. The summed E-state index contributed by atoms with van der Waals surface area (Å²) in [6.07, 6.45) is 9.08. The fraction of sp³-hybridized carbons (Fsp3) is 0.818. The van der Waals surface area contributed by atoms with E-state index >= 15 is 0 Å². The highest BCUT2D eigenvalue weighted by Crippen LogP contribution is 2.13. The van der Waals surface area contributed by atoms with E-state index in [0.29, 0.717) is 6.61 Å². The Balaban J connectivity index is 1.92. The first-order valence-electron chi connectivity index (χ1n) is 5.42. The van der Waals surface area contributed by atoms with Crippen LogP contribution in [0.1, 0.15) is 32.1 Å². The Hall–Kier alpha value is -0.380. The van der Waals surface area contributed by atoms with Gasteiger partial charge >= 0.3 is 0 Å². The van der Waals surface area contributed by atoms with Crippen molar-refractivity contribution in [1.29, 1.82) is 0 Å². The summed E-state index contributed by atoms with van der Waals surface area (Å²) in [5, 5.41) is 8.52. The van der Waals surface area contributed by atoms with Gasteiger partial charge in [0, 0.05) is 13.2 Å². The van der Waals surface area contributed by atoms with Crippen molar-refractivity contribution in [3.63, 3.8) is 0 Å². The van der Waals surface area contributed by atoms with Gasteiger partial charge in [-0.25, -0.2) is 0 Å². The summed E-state index contributed by atoms with van der Waals surface area (Å²) in [5.74, 6) is 0. The summed E-state index contributed by atoms with van der Waals surface area (Å²) in [5.41, 5.74) is 0. The molecular weight excluding hydrogens is 180 g/mol. The third kappa shape index (κ3) is 5.37. The lowest BCUT2D eigenvalue weighted by atomic mass is 10.2. The lowest BCUT2D eigenvalue weighted by Gasteiger charge is -2.22. The average Bonchev–Trinajstić information content (AvgIpc) is 2.25. The van der Waals surface area contributed by atoms with Gasteiger partial charge in [0.25, 0.3) is 0 Å². The largest absolute Gasteiger partial charge is 0.396 e. The molecule has 1 fully saturated rings. The van der Waals surface area contributed by atoms with Crippen LogP contribution in [0.2, 0.25) is 0 Å². The van der Waals surface area contributed by atoms with Crippen LogP contribution in [0, 0.1) is 0 Å². The molecule has 1 saturated heterocycles. The predicted molar refractivity (Wildman–Crippen MR) is 55.0 cm³/mol. The van der Waals surface area contributed by atoms with Crippen LogP contribution in [0.25, 0.3) is 0 Å². The molecule has 0 aromatic rings. The molecule has 0 radical (unpaired) electrons. The number of aliphatic hydroxyl groups is 1. The van der Waals surface area contributed by atoms with Crippen LogP contribution < -0.4 is 0 Å². The number of rotatable bonds is 6. The van der Waals surface area contributed by atoms with E-state index in [4.69, 9.17) is 14.6 Å². The Morgan fingerprint density at radius 3 is 2.86 bits per heavy atom. The Morgan fingerprint density at radius 1 is 1.29 bits per heavy atom. The Morgan fingerprint density at radius 2 is 2.14 bits per heavy atom. The van der Waals surface area contributed by atoms with E-state index in [1.807, 2.05) is 12.2 Å². The molecule has 3 heteroatoms. The summed E-state index contributed by atoms with van der Waals surface area (Å²) in [6.45, 7) is 1.78. The molecule has 1 N–H and O–H groups in total. The topological polar surface area (TPSA) is 38.7 Å². The van der Waals surface area contributed by atoms with Crippen molar-refractivity contribution in [3.05, 3.63) is 12.2 Å². The van der Waals surface area contributed by atoms with Gasteiger partial charge < -0.3 is 14.6 Å². The van der Waals surface area contributed by atoms with Gasteiger partial charge in [0.2, 0.25) is 0 Å². The third-order valence-electron chi connectivity index (χ3n) is 2.19. The first kappa shape index (κ1) is 11.7. The van der Waals surface area contributed by atoms with Gasteiger partial charge in [0.05, 0.1) is 6.61 Å². The van der Waals surface area contributed by atoms with E-state index in [1.165, 1.54) is 6.42 Å². The molecule has 1 aliphatic rings. The Labute approximate surface area is 85.7 Å². The molecule has 14 heavy (non-hydrogen) atoms. The van der Waals surface area contributed by atoms with Gasteiger partial charge in [-0.3, -0.25) is 0 Å². The van der Waals surface area contributed by atoms with Gasteiger partial charge in [-0.15, -0.1) is 0 Å². The van der Waals surface area contributed by atoms with E-state index in [9.17, 15) is 0 Å². The normalized spacial score (nSPS) is 23.1. The number of hydrogen-bond donors (Lipinski definition) is 1. The van der Waals surface area contributed by atoms with E-state index in [0.717, 1.165) is 32.3 Å². The van der Waals surface area contributed by atoms with Crippen LogP contribution in [0.15, 0.2) is 12.2 Å². The highest BCUT2D eigenvalue weighted by molar-refractivity contribution is 4.80. The fourth-order valence-electron chi connectivity index (χ4n) is 1.42. The van der Waals surface area contributed by atoms with Crippen LogP contribution >= 0.6 is 0 Å². The standard InChI is InChI=1S/C11H20O3/c12-8-4-1-2-5-9-13-11-7-3-6-10-14-11/h1-2,11-12H,3-10H2/b2-1+. The molecule has 1 unspecified atom stereocenters. The summed E-state index contributed by atoms with van der Waals surface area (Å²) in [6, 6.07) is 0. The van der Waals surface area contributed by atoms with Crippen LogP contribution in [0.3, 0.4) is 0 Å². The summed E-state index contributed by atoms with van der Waals surface area (Å²) >= 11 is 0. The van der Waals surface area contributed by atoms with Crippen LogP contribution in [0.4, 0.5) is 0 Å². The molecule has 0 amide bonds. The highest BCUT2D eigenvalue weighted by Gasteiger charge is 2.12. The average molecular weight is 200 g/mol. The molecule has 0 aromatic heterocycles. The first-order valence-corrected chi connectivity index (χ1v) is 5.42. The van der Waals surface area contributed by atoms with Crippen molar-refractivity contribution in [2.24, 2.45) is 0 Å². The van der Waals surface area contributed by atoms with Crippen molar-refractivity contribution in [1.82, 2.24) is 0 Å². The van der Waals surface area contributed by atoms with Crippen molar-refractivity contribution in [2.45, 2.75) is 38.4 Å². The zero-order valence-electron chi connectivity index (χ0n) is 8.65. The summed E-state index contributed by atoms with van der Waals surface area (Å²) in [7, 11) is 0. The lowest BCUT2D eigenvalue weighted by molar-refractivity contribution is -0.161. The van der Waals surface area contributed by atoms with E-state index in [-0.39, 0.29) is 12.9 Å². The first-order chi connectivity index (χ1) is 6.93. The van der Waals surface area contributed by atoms with E-state index in [2.05, 4.69) is 0 Å².